The van der Waals surface area contributed by atoms with Gasteiger partial charge in [-0.25, -0.2) is 9.18 Å². The fourth-order valence-electron chi connectivity index (χ4n) is 2.65. The van der Waals surface area contributed by atoms with E-state index in [0.717, 1.165) is 13.0 Å². The number of rotatable bonds is 3. The number of halogens is 2. The summed E-state index contributed by atoms with van der Waals surface area (Å²) in [5.74, 6) is -0.369. The summed E-state index contributed by atoms with van der Waals surface area (Å²) in [6, 6.07) is 11.0. The lowest BCUT2D eigenvalue weighted by atomic mass is 10.2. The molecule has 0 aromatic heterocycles. The third-order valence-electron chi connectivity index (χ3n) is 3.87. The molecular weight excluding hydrogens is 345 g/mol. The first-order chi connectivity index (χ1) is 12.1. The first-order valence-corrected chi connectivity index (χ1v) is 8.45. The molecule has 1 saturated heterocycles. The van der Waals surface area contributed by atoms with Crippen LogP contribution in [-0.2, 0) is 4.74 Å². The number of urea groups is 1. The third kappa shape index (κ3) is 4.84. The van der Waals surface area contributed by atoms with Gasteiger partial charge in [0.15, 0.2) is 0 Å². The zero-order valence-corrected chi connectivity index (χ0v) is 14.4. The van der Waals surface area contributed by atoms with Gasteiger partial charge in [0.1, 0.15) is 5.82 Å². The Kier molecular flexibility index (Phi) is 5.73. The second-order valence-electron chi connectivity index (χ2n) is 5.71. The van der Waals surface area contributed by atoms with Crippen LogP contribution in [0.1, 0.15) is 6.42 Å². The fourth-order valence-corrected chi connectivity index (χ4v) is 2.78. The van der Waals surface area contributed by atoms with Gasteiger partial charge < -0.3 is 20.3 Å². The topological polar surface area (TPSA) is 53.6 Å². The highest BCUT2D eigenvalue weighted by Crippen LogP contribution is 2.24. The molecule has 0 unspecified atom stereocenters. The fraction of sp³-hybridized carbons (Fsp3) is 0.278. The van der Waals surface area contributed by atoms with Crippen molar-refractivity contribution in [3.8, 4) is 0 Å². The van der Waals surface area contributed by atoms with Crippen LogP contribution < -0.4 is 15.5 Å². The summed E-state index contributed by atoms with van der Waals surface area (Å²) in [5, 5.41) is 5.87. The molecule has 0 radical (unpaired) electrons. The second-order valence-corrected chi connectivity index (χ2v) is 6.14. The highest BCUT2D eigenvalue weighted by atomic mass is 35.5. The number of amides is 2. The number of anilines is 3. The minimum atomic E-state index is -0.447. The Morgan fingerprint density at radius 1 is 1.04 bits per heavy atom. The van der Waals surface area contributed by atoms with E-state index in [2.05, 4.69) is 10.6 Å². The molecule has 0 saturated carbocycles. The molecule has 5 nitrogen and oxygen atoms in total. The van der Waals surface area contributed by atoms with Gasteiger partial charge in [-0.2, -0.15) is 0 Å². The maximum absolute atomic E-state index is 14.4. The van der Waals surface area contributed by atoms with Gasteiger partial charge in [-0.05, 0) is 48.9 Å². The summed E-state index contributed by atoms with van der Waals surface area (Å²) in [4.78, 5) is 14.0. The van der Waals surface area contributed by atoms with E-state index in [4.69, 9.17) is 16.3 Å². The van der Waals surface area contributed by atoms with Crippen molar-refractivity contribution < 1.29 is 13.9 Å². The van der Waals surface area contributed by atoms with E-state index in [-0.39, 0.29) is 5.82 Å². The Labute approximate surface area is 150 Å². The average Bonchev–Trinajstić information content (AvgIpc) is 2.86. The highest BCUT2D eigenvalue weighted by molar-refractivity contribution is 6.30. The summed E-state index contributed by atoms with van der Waals surface area (Å²) < 4.78 is 19.8. The van der Waals surface area contributed by atoms with Gasteiger partial charge in [-0.1, -0.05) is 11.6 Å². The van der Waals surface area contributed by atoms with Crippen LogP contribution in [0.4, 0.5) is 26.2 Å². The Morgan fingerprint density at radius 3 is 2.52 bits per heavy atom. The molecule has 1 fully saturated rings. The maximum Gasteiger partial charge on any atom is 0.323 e. The van der Waals surface area contributed by atoms with Crippen LogP contribution in [-0.4, -0.2) is 32.3 Å². The Hall–Kier alpha value is -2.31. The van der Waals surface area contributed by atoms with Crippen molar-refractivity contribution in [3.63, 3.8) is 0 Å². The van der Waals surface area contributed by atoms with E-state index >= 15 is 0 Å². The molecule has 25 heavy (non-hydrogen) atoms. The predicted molar refractivity (Wildman–Crippen MR) is 98.1 cm³/mol. The molecule has 132 valence electrons. The lowest BCUT2D eigenvalue weighted by Crippen LogP contribution is -2.27. The molecule has 1 aliphatic rings. The molecule has 1 aliphatic heterocycles. The summed E-state index contributed by atoms with van der Waals surface area (Å²) >= 11 is 5.80. The van der Waals surface area contributed by atoms with Gasteiger partial charge in [-0.3, -0.25) is 0 Å². The number of carbonyl (C=O) groups is 1. The number of ether oxygens (including phenoxy) is 1. The molecular formula is C18H19ClFN3O2. The van der Waals surface area contributed by atoms with E-state index < -0.39 is 6.03 Å². The Morgan fingerprint density at radius 2 is 1.76 bits per heavy atom. The SMILES string of the molecule is O=C(Nc1ccc(Cl)cc1)Nc1ccc(N2CCCOCC2)c(F)c1. The predicted octanol–water partition coefficient (Wildman–Crippen LogP) is 4.35. The lowest BCUT2D eigenvalue weighted by molar-refractivity contribution is 0.152. The Balaban J connectivity index is 1.63. The average molecular weight is 364 g/mol. The summed E-state index contributed by atoms with van der Waals surface area (Å²) in [6.45, 7) is 2.69. The van der Waals surface area contributed by atoms with Crippen molar-refractivity contribution in [2.75, 3.05) is 41.8 Å². The van der Waals surface area contributed by atoms with Crippen molar-refractivity contribution in [1.82, 2.24) is 0 Å². The van der Waals surface area contributed by atoms with E-state index in [1.165, 1.54) is 6.07 Å². The van der Waals surface area contributed by atoms with Crippen molar-refractivity contribution in [2.24, 2.45) is 0 Å². The van der Waals surface area contributed by atoms with Crippen molar-refractivity contribution in [2.45, 2.75) is 6.42 Å². The summed E-state index contributed by atoms with van der Waals surface area (Å²) in [5.41, 5.74) is 1.51. The molecule has 7 heteroatoms. The highest BCUT2D eigenvalue weighted by Gasteiger charge is 2.15. The minimum absolute atomic E-state index is 0.369. The van der Waals surface area contributed by atoms with Gasteiger partial charge in [0.05, 0.1) is 12.3 Å². The molecule has 1 heterocycles. The number of benzene rings is 2. The van der Waals surface area contributed by atoms with Crippen molar-refractivity contribution >= 4 is 34.7 Å². The number of hydrogen-bond acceptors (Lipinski definition) is 3. The molecule has 2 aromatic rings. The molecule has 0 aliphatic carbocycles. The molecule has 2 aromatic carbocycles. The zero-order valence-electron chi connectivity index (χ0n) is 13.6. The molecule has 3 rings (SSSR count). The smallest absolute Gasteiger partial charge is 0.323 e. The third-order valence-corrected chi connectivity index (χ3v) is 4.12. The standard InChI is InChI=1S/C18H19ClFN3O2/c19-13-2-4-14(5-3-13)21-18(24)22-15-6-7-17(16(20)12-15)23-8-1-10-25-11-9-23/h2-7,12H,1,8-11H2,(H2,21,22,24). The number of carbonyl (C=O) groups excluding carboxylic acids is 1. The van der Waals surface area contributed by atoms with Crippen LogP contribution in [0, 0.1) is 5.82 Å². The maximum atomic E-state index is 14.4. The zero-order chi connectivity index (χ0) is 17.6. The molecule has 0 bridgehead atoms. The monoisotopic (exact) mass is 363 g/mol. The van der Waals surface area contributed by atoms with Crippen LogP contribution in [0.5, 0.6) is 0 Å². The van der Waals surface area contributed by atoms with Gasteiger partial charge in [0, 0.05) is 36.1 Å². The van der Waals surface area contributed by atoms with Crippen LogP contribution in [0.2, 0.25) is 5.02 Å². The Bertz CT molecular complexity index is 732. The normalized spacial score (nSPS) is 14.7. The van der Waals surface area contributed by atoms with Crippen molar-refractivity contribution in [1.29, 1.82) is 0 Å². The van der Waals surface area contributed by atoms with Crippen LogP contribution >= 0.6 is 11.6 Å². The molecule has 2 amide bonds. The van der Waals surface area contributed by atoms with E-state index in [1.54, 1.807) is 36.4 Å². The molecule has 0 atom stereocenters. The number of nitrogens with zero attached hydrogens (tertiary/aromatic N) is 1. The van der Waals surface area contributed by atoms with E-state index in [9.17, 15) is 9.18 Å². The first-order valence-electron chi connectivity index (χ1n) is 8.07. The van der Waals surface area contributed by atoms with Gasteiger partial charge in [-0.15, -0.1) is 0 Å². The van der Waals surface area contributed by atoms with Crippen LogP contribution in [0.25, 0.3) is 0 Å². The van der Waals surface area contributed by atoms with Crippen LogP contribution in [0.3, 0.4) is 0 Å². The van der Waals surface area contributed by atoms with Gasteiger partial charge >= 0.3 is 6.03 Å². The second kappa shape index (κ2) is 8.18. The quantitative estimate of drug-likeness (QED) is 0.852. The van der Waals surface area contributed by atoms with Crippen LogP contribution in [0.15, 0.2) is 42.5 Å². The summed E-state index contributed by atoms with van der Waals surface area (Å²) in [6.07, 6.45) is 0.864. The lowest BCUT2D eigenvalue weighted by Gasteiger charge is -2.22. The number of nitrogens with one attached hydrogen (secondary N) is 2. The van der Waals surface area contributed by atoms with Gasteiger partial charge in [0.2, 0.25) is 0 Å². The minimum Gasteiger partial charge on any atom is -0.380 e. The van der Waals surface area contributed by atoms with E-state index in [0.29, 0.717) is 41.8 Å². The van der Waals surface area contributed by atoms with E-state index in [1.807, 2.05) is 4.90 Å². The largest absolute Gasteiger partial charge is 0.380 e. The molecule has 2 N–H and O–H groups in total. The summed E-state index contributed by atoms with van der Waals surface area (Å²) in [7, 11) is 0. The molecule has 0 spiro atoms. The van der Waals surface area contributed by atoms with Gasteiger partial charge in [0.25, 0.3) is 0 Å². The van der Waals surface area contributed by atoms with Crippen molar-refractivity contribution in [3.05, 3.63) is 53.3 Å². The number of hydrogen-bond donors (Lipinski definition) is 2. The first kappa shape index (κ1) is 17.5.